The van der Waals surface area contributed by atoms with Gasteiger partial charge in [0.2, 0.25) is 5.39 Å². The number of unbranched alkanes of at least 4 members (excludes halogenated alkanes) is 24. The molecule has 338 valence electrons. The molecule has 0 aliphatic rings. The summed E-state index contributed by atoms with van der Waals surface area (Å²) in [6.07, 6.45) is 30.4. The van der Waals surface area contributed by atoms with E-state index < -0.39 is 38.5 Å². The molecule has 14 heteroatoms. The summed E-state index contributed by atoms with van der Waals surface area (Å²) in [4.78, 5) is 52.5. The van der Waals surface area contributed by atoms with Crippen molar-refractivity contribution in [1.29, 1.82) is 5.39 Å². The molecule has 2 N–H and O–H groups in total. The second kappa shape index (κ2) is 36.8. The molecule has 0 aromatic heterocycles. The van der Waals surface area contributed by atoms with Gasteiger partial charge >= 0.3 is 31.5 Å². The average Bonchev–Trinajstić information content (AvgIpc) is 3.23. The number of esters is 2. The monoisotopic (exact) mass is 852 g/mol. The summed E-state index contributed by atoms with van der Waals surface area (Å²) in [7, 11) is -3.08. The average molecular weight is 852 g/mol. The molecular formula is C45H80N4O9P+. The van der Waals surface area contributed by atoms with Gasteiger partial charge in [-0.2, -0.15) is 0 Å². The molecule has 0 bridgehead atoms. The van der Waals surface area contributed by atoms with Crippen molar-refractivity contribution >= 4 is 37.2 Å². The Morgan fingerprint density at radius 1 is 0.661 bits per heavy atom. The number of ether oxygens (including phenoxy) is 2. The van der Waals surface area contributed by atoms with Crippen LogP contribution in [0.5, 0.6) is 0 Å². The molecule has 1 aromatic carbocycles. The van der Waals surface area contributed by atoms with Crippen molar-refractivity contribution in [2.75, 3.05) is 38.3 Å². The number of phosphoric ester groups is 1. The number of nitrogens with one attached hydrogen (secondary N) is 1. The second-order valence-electron chi connectivity index (χ2n) is 15.8. The van der Waals surface area contributed by atoms with Crippen molar-refractivity contribution in [3.63, 3.8) is 0 Å². The molecule has 0 radical (unpaired) electrons. The van der Waals surface area contributed by atoms with Gasteiger partial charge in [-0.05, 0) is 25.0 Å². The summed E-state index contributed by atoms with van der Waals surface area (Å²) in [5.41, 5.74) is 0.872. The Morgan fingerprint density at radius 2 is 1.08 bits per heavy atom. The highest BCUT2D eigenvalue weighted by atomic mass is 31.2. The van der Waals surface area contributed by atoms with Crippen molar-refractivity contribution < 1.29 is 42.4 Å². The number of anilines is 1. The van der Waals surface area contributed by atoms with Crippen molar-refractivity contribution in [3.8, 4) is 0 Å². The van der Waals surface area contributed by atoms with Gasteiger partial charge in [0.05, 0.1) is 13.2 Å². The van der Waals surface area contributed by atoms with Crippen LogP contribution in [0.2, 0.25) is 0 Å². The molecule has 0 aliphatic heterocycles. The Labute approximate surface area is 356 Å². The minimum atomic E-state index is -4.61. The molecule has 0 saturated carbocycles. The lowest BCUT2D eigenvalue weighted by molar-refractivity contribution is -0.161. The number of carbonyl (C=O) groups excluding carboxylic acids is 3. The zero-order chi connectivity index (χ0) is 43.2. The lowest BCUT2D eigenvalue weighted by Gasteiger charge is -2.20. The fraction of sp³-hybridized carbons (Fsp3) is 0.800. The third-order valence-electron chi connectivity index (χ3n) is 10.4. The highest BCUT2D eigenvalue weighted by molar-refractivity contribution is 7.47. The van der Waals surface area contributed by atoms with E-state index in [0.717, 1.165) is 38.5 Å². The van der Waals surface area contributed by atoms with Gasteiger partial charge in [0.1, 0.15) is 6.61 Å². The second-order valence-corrected chi connectivity index (χ2v) is 17.2. The maximum absolute atomic E-state index is 12.8. The molecule has 1 unspecified atom stereocenters. The molecule has 1 rings (SSSR count). The van der Waals surface area contributed by atoms with Gasteiger partial charge in [0.15, 0.2) is 11.1 Å². The van der Waals surface area contributed by atoms with E-state index >= 15 is 0 Å². The molecule has 1 aromatic rings. The minimum Gasteiger partial charge on any atom is -0.462 e. The SMILES string of the molecule is CCCCCCCCCCCCCCCC(=O)OC[C@H](COP(=O)(O)OCCNC(=O)N(C)c1ccc([N+]#N)cc1)OC(=O)CCCCCCCCCCCCCCC. The van der Waals surface area contributed by atoms with Crippen LogP contribution < -0.4 is 10.2 Å². The smallest absolute Gasteiger partial charge is 0.462 e. The molecule has 13 nitrogen and oxygen atoms in total. The standard InChI is InChI=1S/C45H79N4O9P/c1-4-6-8-10-12-14-16-18-20-22-24-26-28-30-43(50)55-38-42(58-44(51)31-29-27-25-23-21-19-17-15-13-11-9-7-5-2)39-57-59(53,54)56-37-36-47-45(52)49(3)41-34-32-40(48-46)33-35-41/h32-35,42H,4-31,36-39H2,1-3H3,(H-,47,52,53,54)/p+1/t42-/m1/s1. The van der Waals surface area contributed by atoms with E-state index in [4.69, 9.17) is 23.9 Å². The highest BCUT2D eigenvalue weighted by Crippen LogP contribution is 2.43. The first-order valence-corrected chi connectivity index (χ1v) is 24.5. The zero-order valence-corrected chi connectivity index (χ0v) is 37.9. The van der Waals surface area contributed by atoms with E-state index in [1.165, 1.54) is 140 Å². The van der Waals surface area contributed by atoms with Gasteiger partial charge in [-0.25, -0.2) is 9.36 Å². The summed E-state index contributed by atoms with van der Waals surface area (Å²) in [5.74, 6) is -0.913. The van der Waals surface area contributed by atoms with E-state index in [1.807, 2.05) is 0 Å². The molecule has 0 saturated heterocycles. The Bertz CT molecular complexity index is 1310. The van der Waals surface area contributed by atoms with Crippen LogP contribution in [0.15, 0.2) is 24.3 Å². The number of benzene rings is 1. The summed E-state index contributed by atoms with van der Waals surface area (Å²) < 4.78 is 33.8. The van der Waals surface area contributed by atoms with E-state index in [1.54, 1.807) is 12.1 Å². The maximum Gasteiger partial charge on any atom is 0.472 e. The number of rotatable bonds is 39. The predicted octanol–water partition coefficient (Wildman–Crippen LogP) is 12.9. The molecule has 0 aliphatic carbocycles. The number of carbonyl (C=O) groups is 3. The predicted molar refractivity (Wildman–Crippen MR) is 236 cm³/mol. The Kier molecular flexibility index (Phi) is 33.7. The Morgan fingerprint density at radius 3 is 1.53 bits per heavy atom. The Balaban J connectivity index is 2.44. The van der Waals surface area contributed by atoms with Crippen LogP contribution >= 0.6 is 7.82 Å². The van der Waals surface area contributed by atoms with E-state index in [-0.39, 0.29) is 32.6 Å². The van der Waals surface area contributed by atoms with Gasteiger partial charge in [-0.15, -0.1) is 0 Å². The summed E-state index contributed by atoms with van der Waals surface area (Å²) in [6.45, 7) is 3.21. The molecule has 2 atom stereocenters. The first-order valence-electron chi connectivity index (χ1n) is 23.1. The lowest BCUT2D eigenvalue weighted by Crippen LogP contribution is -2.38. The molecule has 59 heavy (non-hydrogen) atoms. The Hall–Kier alpha value is -3.04. The number of phosphoric acid groups is 1. The van der Waals surface area contributed by atoms with Crippen LogP contribution in [-0.4, -0.2) is 62.4 Å². The van der Waals surface area contributed by atoms with Gasteiger partial charge in [0.25, 0.3) is 0 Å². The van der Waals surface area contributed by atoms with Crippen molar-refractivity contribution in [2.45, 2.75) is 200 Å². The van der Waals surface area contributed by atoms with Crippen LogP contribution in [0.25, 0.3) is 4.98 Å². The topological polar surface area (TPSA) is 169 Å². The van der Waals surface area contributed by atoms with Gasteiger partial charge < -0.3 is 19.7 Å². The first kappa shape index (κ1) is 54.0. The molecule has 0 heterocycles. The largest absolute Gasteiger partial charge is 0.472 e. The third kappa shape index (κ3) is 31.5. The number of amides is 2. The number of nitrogens with zero attached hydrogens (tertiary/aromatic N) is 3. The molecular weight excluding hydrogens is 771 g/mol. The van der Waals surface area contributed by atoms with Crippen molar-refractivity contribution in [3.05, 3.63) is 29.2 Å². The summed E-state index contributed by atoms with van der Waals surface area (Å²) in [6, 6.07) is 5.77. The van der Waals surface area contributed by atoms with Crippen LogP contribution in [-0.2, 0) is 32.7 Å². The van der Waals surface area contributed by atoms with Gasteiger partial charge in [0, 0.05) is 44.3 Å². The fourth-order valence-corrected chi connectivity index (χ4v) is 7.46. The zero-order valence-electron chi connectivity index (χ0n) is 37.0. The van der Waals surface area contributed by atoms with Crippen LogP contribution in [0.1, 0.15) is 194 Å². The van der Waals surface area contributed by atoms with E-state index in [9.17, 15) is 23.8 Å². The molecule has 2 amide bonds. The minimum absolute atomic E-state index is 0.102. The maximum atomic E-state index is 12.8. The number of hydrogen-bond acceptors (Lipinski definition) is 9. The lowest BCUT2D eigenvalue weighted by atomic mass is 10.0. The van der Waals surface area contributed by atoms with Gasteiger partial charge in [-0.1, -0.05) is 168 Å². The third-order valence-corrected chi connectivity index (χ3v) is 11.4. The van der Waals surface area contributed by atoms with Crippen LogP contribution in [0.3, 0.4) is 0 Å². The first-order chi connectivity index (χ1) is 28.6. The van der Waals surface area contributed by atoms with Crippen LogP contribution in [0.4, 0.5) is 16.2 Å². The molecule has 0 fully saturated rings. The van der Waals surface area contributed by atoms with Crippen LogP contribution in [0, 0.1) is 5.39 Å². The highest BCUT2D eigenvalue weighted by Gasteiger charge is 2.26. The van der Waals surface area contributed by atoms with E-state index in [0.29, 0.717) is 24.2 Å². The van der Waals surface area contributed by atoms with Gasteiger partial charge in [-0.3, -0.25) is 23.5 Å². The molecule has 0 spiro atoms. The quantitative estimate of drug-likeness (QED) is 0.0281. The summed E-state index contributed by atoms with van der Waals surface area (Å²) in [5, 5.41) is 11.4. The number of hydrogen-bond donors (Lipinski definition) is 2. The van der Waals surface area contributed by atoms with E-state index in [2.05, 4.69) is 24.1 Å². The van der Waals surface area contributed by atoms with Crippen molar-refractivity contribution in [2.24, 2.45) is 0 Å². The normalized spacial score (nSPS) is 12.7. The van der Waals surface area contributed by atoms with Crippen molar-refractivity contribution in [1.82, 2.24) is 5.32 Å². The summed E-state index contributed by atoms with van der Waals surface area (Å²) >= 11 is 0. The fourth-order valence-electron chi connectivity index (χ4n) is 6.71. The number of urea groups is 1. The number of diazo groups is 1.